The van der Waals surface area contributed by atoms with Crippen molar-refractivity contribution in [1.29, 1.82) is 0 Å². The van der Waals surface area contributed by atoms with E-state index in [-0.39, 0.29) is 5.41 Å². The van der Waals surface area contributed by atoms with Gasteiger partial charge in [-0.05, 0) is 32.3 Å². The zero-order valence-corrected chi connectivity index (χ0v) is 12.3. The molecule has 106 valence electrons. The van der Waals surface area contributed by atoms with Gasteiger partial charge in [-0.3, -0.25) is 4.90 Å². The van der Waals surface area contributed by atoms with E-state index in [1.54, 1.807) is 0 Å². The first kappa shape index (κ1) is 14.5. The molecule has 19 heavy (non-hydrogen) atoms. The molecule has 0 aliphatic heterocycles. The average molecular weight is 261 g/mol. The summed E-state index contributed by atoms with van der Waals surface area (Å²) in [7, 11) is 0. The second-order valence-electron chi connectivity index (χ2n) is 6.35. The average Bonchev–Trinajstić information content (AvgIpc) is 2.88. The van der Waals surface area contributed by atoms with E-state index in [2.05, 4.69) is 49.1 Å². The van der Waals surface area contributed by atoms with E-state index in [4.69, 9.17) is 0 Å². The number of nitrogens with zero attached hydrogens (tertiary/aromatic N) is 1. The topological polar surface area (TPSA) is 23.5 Å². The Morgan fingerprint density at radius 1 is 1.16 bits per heavy atom. The van der Waals surface area contributed by atoms with Crippen LogP contribution in [0.5, 0.6) is 0 Å². The Hall–Kier alpha value is -0.860. The van der Waals surface area contributed by atoms with Gasteiger partial charge in [-0.1, -0.05) is 43.2 Å². The van der Waals surface area contributed by atoms with E-state index >= 15 is 0 Å². The summed E-state index contributed by atoms with van der Waals surface area (Å²) < 4.78 is 0. The molecular weight excluding hydrogens is 234 g/mol. The van der Waals surface area contributed by atoms with Crippen molar-refractivity contribution in [3.8, 4) is 0 Å². The molecule has 0 aromatic heterocycles. The highest BCUT2D eigenvalue weighted by Crippen LogP contribution is 2.38. The van der Waals surface area contributed by atoms with Crippen molar-refractivity contribution >= 4 is 0 Å². The van der Waals surface area contributed by atoms with Gasteiger partial charge in [0, 0.05) is 31.2 Å². The van der Waals surface area contributed by atoms with Crippen molar-refractivity contribution in [1.82, 2.24) is 4.90 Å². The van der Waals surface area contributed by atoms with Crippen LogP contribution in [0.3, 0.4) is 0 Å². The molecule has 0 amide bonds. The molecular formula is C17H27NO. The number of benzene rings is 1. The highest BCUT2D eigenvalue weighted by molar-refractivity contribution is 5.14. The fourth-order valence-corrected chi connectivity index (χ4v) is 3.16. The van der Waals surface area contributed by atoms with E-state index in [1.165, 1.54) is 31.2 Å². The van der Waals surface area contributed by atoms with Crippen molar-refractivity contribution in [3.63, 3.8) is 0 Å². The second-order valence-corrected chi connectivity index (χ2v) is 6.35. The summed E-state index contributed by atoms with van der Waals surface area (Å²) >= 11 is 0. The van der Waals surface area contributed by atoms with E-state index in [9.17, 15) is 5.11 Å². The predicted octanol–water partition coefficient (Wildman–Crippen LogP) is 3.45. The summed E-state index contributed by atoms with van der Waals surface area (Å²) in [5.74, 6) is 0. The van der Waals surface area contributed by atoms with Crippen LogP contribution < -0.4 is 0 Å². The maximum absolute atomic E-state index is 9.79. The zero-order chi connectivity index (χ0) is 13.7. The summed E-state index contributed by atoms with van der Waals surface area (Å²) in [6.07, 6.45) is 4.92. The molecule has 1 aliphatic rings. The Balaban J connectivity index is 2.04. The molecule has 0 bridgehead atoms. The van der Waals surface area contributed by atoms with Gasteiger partial charge < -0.3 is 5.11 Å². The Bertz CT molecular complexity index is 368. The monoisotopic (exact) mass is 261 g/mol. The van der Waals surface area contributed by atoms with Crippen molar-refractivity contribution < 1.29 is 5.11 Å². The standard InChI is InChI=1S/C17H27NO/c1-15(2)18(12-16-8-4-3-5-9-16)13-17(14-19)10-6-7-11-17/h3-5,8-9,15,19H,6-7,10-14H2,1-2H3. The van der Waals surface area contributed by atoms with Crippen molar-refractivity contribution in [2.45, 2.75) is 52.1 Å². The van der Waals surface area contributed by atoms with E-state index in [1.807, 2.05) is 0 Å². The van der Waals surface area contributed by atoms with Crippen molar-refractivity contribution in [2.75, 3.05) is 13.2 Å². The van der Waals surface area contributed by atoms with E-state index < -0.39 is 0 Å². The van der Waals surface area contributed by atoms with Crippen LogP contribution in [0.2, 0.25) is 0 Å². The molecule has 1 N–H and O–H groups in total. The molecule has 1 fully saturated rings. The summed E-state index contributed by atoms with van der Waals surface area (Å²) in [4.78, 5) is 2.51. The van der Waals surface area contributed by atoms with Gasteiger partial charge in [0.1, 0.15) is 0 Å². The molecule has 0 saturated heterocycles. The molecule has 1 aromatic rings. The number of hydrogen-bond donors (Lipinski definition) is 1. The molecule has 1 aliphatic carbocycles. The smallest absolute Gasteiger partial charge is 0.0499 e. The second kappa shape index (κ2) is 6.53. The van der Waals surface area contributed by atoms with E-state index in [0.29, 0.717) is 12.6 Å². The third-order valence-electron chi connectivity index (χ3n) is 4.50. The highest BCUT2D eigenvalue weighted by atomic mass is 16.3. The largest absolute Gasteiger partial charge is 0.396 e. The van der Waals surface area contributed by atoms with Crippen LogP contribution in [0, 0.1) is 5.41 Å². The van der Waals surface area contributed by atoms with Crippen LogP contribution in [-0.4, -0.2) is 29.2 Å². The molecule has 1 saturated carbocycles. The lowest BCUT2D eigenvalue weighted by molar-refractivity contribution is 0.0605. The lowest BCUT2D eigenvalue weighted by atomic mass is 9.86. The van der Waals surface area contributed by atoms with Gasteiger partial charge in [0.2, 0.25) is 0 Å². The molecule has 0 radical (unpaired) electrons. The van der Waals surface area contributed by atoms with Crippen LogP contribution in [0.25, 0.3) is 0 Å². The third kappa shape index (κ3) is 3.80. The molecule has 0 heterocycles. The van der Waals surface area contributed by atoms with Crippen LogP contribution in [0.1, 0.15) is 45.1 Å². The Kier molecular flexibility index (Phi) is 5.00. The van der Waals surface area contributed by atoms with Gasteiger partial charge in [0.15, 0.2) is 0 Å². The van der Waals surface area contributed by atoms with Crippen molar-refractivity contribution in [2.24, 2.45) is 5.41 Å². The van der Waals surface area contributed by atoms with Gasteiger partial charge in [0.05, 0.1) is 0 Å². The fourth-order valence-electron chi connectivity index (χ4n) is 3.16. The maximum Gasteiger partial charge on any atom is 0.0499 e. The first-order valence-electron chi connectivity index (χ1n) is 7.54. The molecule has 2 nitrogen and oxygen atoms in total. The van der Waals surface area contributed by atoms with Gasteiger partial charge in [-0.25, -0.2) is 0 Å². The van der Waals surface area contributed by atoms with Crippen molar-refractivity contribution in [3.05, 3.63) is 35.9 Å². The Morgan fingerprint density at radius 3 is 2.32 bits per heavy atom. The SMILES string of the molecule is CC(C)N(Cc1ccccc1)CC1(CO)CCCC1. The van der Waals surface area contributed by atoms with Gasteiger partial charge >= 0.3 is 0 Å². The summed E-state index contributed by atoms with van der Waals surface area (Å²) in [6.45, 7) is 6.85. The first-order chi connectivity index (χ1) is 9.15. The minimum atomic E-state index is 0.152. The number of rotatable bonds is 6. The molecule has 0 unspecified atom stereocenters. The predicted molar refractivity (Wildman–Crippen MR) is 80.0 cm³/mol. The number of aliphatic hydroxyl groups is 1. The first-order valence-corrected chi connectivity index (χ1v) is 7.54. The molecule has 2 heteroatoms. The Labute approximate surface area is 117 Å². The van der Waals surface area contributed by atoms with Crippen LogP contribution in [-0.2, 0) is 6.54 Å². The molecule has 1 aromatic carbocycles. The molecule has 0 atom stereocenters. The van der Waals surface area contributed by atoms with E-state index in [0.717, 1.165) is 13.1 Å². The lowest BCUT2D eigenvalue weighted by Gasteiger charge is -2.36. The zero-order valence-electron chi connectivity index (χ0n) is 12.3. The Morgan fingerprint density at radius 2 is 1.79 bits per heavy atom. The van der Waals surface area contributed by atoms with Gasteiger partial charge in [-0.15, -0.1) is 0 Å². The highest BCUT2D eigenvalue weighted by Gasteiger charge is 2.35. The van der Waals surface area contributed by atoms with Crippen LogP contribution in [0.4, 0.5) is 0 Å². The molecule has 0 spiro atoms. The minimum absolute atomic E-state index is 0.152. The van der Waals surface area contributed by atoms with Crippen LogP contribution in [0.15, 0.2) is 30.3 Å². The fraction of sp³-hybridized carbons (Fsp3) is 0.647. The third-order valence-corrected chi connectivity index (χ3v) is 4.50. The van der Waals surface area contributed by atoms with Gasteiger partial charge in [0.25, 0.3) is 0 Å². The number of hydrogen-bond acceptors (Lipinski definition) is 2. The lowest BCUT2D eigenvalue weighted by Crippen LogP contribution is -2.41. The minimum Gasteiger partial charge on any atom is -0.396 e. The van der Waals surface area contributed by atoms with Gasteiger partial charge in [-0.2, -0.15) is 0 Å². The quantitative estimate of drug-likeness (QED) is 0.848. The summed E-state index contributed by atoms with van der Waals surface area (Å²) in [5.41, 5.74) is 1.52. The number of aliphatic hydroxyl groups excluding tert-OH is 1. The summed E-state index contributed by atoms with van der Waals surface area (Å²) in [5, 5.41) is 9.79. The molecule has 2 rings (SSSR count). The van der Waals surface area contributed by atoms with Crippen LogP contribution >= 0.6 is 0 Å². The normalized spacial score (nSPS) is 18.4. The maximum atomic E-state index is 9.79. The summed E-state index contributed by atoms with van der Waals surface area (Å²) in [6, 6.07) is 11.2.